The first-order valence-corrected chi connectivity index (χ1v) is 9.73. The highest BCUT2D eigenvalue weighted by molar-refractivity contribution is 8.00. The number of phenolic OH excluding ortho intramolecular Hbond substituents is 1. The number of carbonyl (C=O) groups excluding carboxylic acids is 1. The zero-order chi connectivity index (χ0) is 18.1. The Balaban J connectivity index is 1.50. The SMILES string of the molecule is COc1cc(CCN2C(=O)CSC2c2ccc3c(c2)CCO3)ccc1O. The van der Waals surface area contributed by atoms with Crippen LogP contribution in [0.2, 0.25) is 0 Å². The molecule has 2 heterocycles. The zero-order valence-corrected chi connectivity index (χ0v) is 15.4. The van der Waals surface area contributed by atoms with Crippen LogP contribution in [0.4, 0.5) is 0 Å². The topological polar surface area (TPSA) is 59.0 Å². The molecule has 0 aliphatic carbocycles. The third-order valence-electron chi connectivity index (χ3n) is 4.85. The lowest BCUT2D eigenvalue weighted by molar-refractivity contribution is -0.128. The number of ether oxygens (including phenoxy) is 2. The van der Waals surface area contributed by atoms with E-state index in [0.29, 0.717) is 24.5 Å². The van der Waals surface area contributed by atoms with E-state index in [0.717, 1.165) is 29.9 Å². The van der Waals surface area contributed by atoms with Crippen molar-refractivity contribution in [2.45, 2.75) is 18.2 Å². The zero-order valence-electron chi connectivity index (χ0n) is 14.6. The lowest BCUT2D eigenvalue weighted by atomic mass is 10.1. The van der Waals surface area contributed by atoms with Gasteiger partial charge in [-0.25, -0.2) is 0 Å². The van der Waals surface area contributed by atoms with Crippen LogP contribution in [0.15, 0.2) is 36.4 Å². The Bertz CT molecular complexity index is 839. The number of aromatic hydroxyl groups is 1. The third kappa shape index (κ3) is 3.21. The third-order valence-corrected chi connectivity index (χ3v) is 6.11. The van der Waals surface area contributed by atoms with Crippen molar-refractivity contribution < 1.29 is 19.4 Å². The molecule has 1 saturated heterocycles. The number of hydrogen-bond acceptors (Lipinski definition) is 5. The molecule has 2 aromatic rings. The highest BCUT2D eigenvalue weighted by Crippen LogP contribution is 2.40. The minimum Gasteiger partial charge on any atom is -0.504 e. The molecule has 0 aromatic heterocycles. The number of carbonyl (C=O) groups is 1. The summed E-state index contributed by atoms with van der Waals surface area (Å²) in [7, 11) is 1.53. The average molecular weight is 371 g/mol. The molecule has 1 atom stereocenters. The van der Waals surface area contributed by atoms with Crippen molar-refractivity contribution in [2.24, 2.45) is 0 Å². The number of phenols is 1. The van der Waals surface area contributed by atoms with Crippen molar-refractivity contribution in [3.8, 4) is 17.2 Å². The number of fused-ring (bicyclic) bond motifs is 1. The van der Waals surface area contributed by atoms with Gasteiger partial charge >= 0.3 is 0 Å². The maximum absolute atomic E-state index is 12.4. The Morgan fingerprint density at radius 2 is 2.19 bits per heavy atom. The van der Waals surface area contributed by atoms with Gasteiger partial charge in [0.25, 0.3) is 0 Å². The van der Waals surface area contributed by atoms with Gasteiger partial charge in [-0.05, 0) is 47.4 Å². The fraction of sp³-hybridized carbons (Fsp3) is 0.350. The van der Waals surface area contributed by atoms with E-state index in [1.165, 1.54) is 12.7 Å². The minimum absolute atomic E-state index is 0.0485. The van der Waals surface area contributed by atoms with Crippen LogP contribution in [0.25, 0.3) is 0 Å². The molecule has 1 unspecified atom stereocenters. The summed E-state index contributed by atoms with van der Waals surface area (Å²) in [4.78, 5) is 14.4. The molecular weight excluding hydrogens is 350 g/mol. The molecule has 4 rings (SSSR count). The van der Waals surface area contributed by atoms with Gasteiger partial charge in [-0.2, -0.15) is 0 Å². The molecule has 1 amide bonds. The predicted molar refractivity (Wildman–Crippen MR) is 101 cm³/mol. The van der Waals surface area contributed by atoms with Gasteiger partial charge in [0, 0.05) is 13.0 Å². The molecule has 6 heteroatoms. The number of nitrogens with zero attached hydrogens (tertiary/aromatic N) is 1. The Morgan fingerprint density at radius 3 is 3.04 bits per heavy atom. The Hall–Kier alpha value is -2.34. The number of amides is 1. The van der Waals surface area contributed by atoms with Gasteiger partial charge in [0.05, 0.1) is 19.5 Å². The molecule has 136 valence electrons. The summed E-state index contributed by atoms with van der Waals surface area (Å²) in [5.41, 5.74) is 3.42. The van der Waals surface area contributed by atoms with Crippen LogP contribution in [0.5, 0.6) is 17.2 Å². The van der Waals surface area contributed by atoms with E-state index in [4.69, 9.17) is 9.47 Å². The highest BCUT2D eigenvalue weighted by Gasteiger charge is 2.33. The molecule has 26 heavy (non-hydrogen) atoms. The summed E-state index contributed by atoms with van der Waals surface area (Å²) in [6.45, 7) is 1.37. The number of methoxy groups -OCH3 is 1. The van der Waals surface area contributed by atoms with Crippen molar-refractivity contribution >= 4 is 17.7 Å². The second-order valence-corrected chi connectivity index (χ2v) is 7.54. The fourth-order valence-electron chi connectivity index (χ4n) is 3.46. The molecule has 2 aliphatic rings. The number of hydrogen-bond donors (Lipinski definition) is 1. The molecule has 0 saturated carbocycles. The van der Waals surface area contributed by atoms with Crippen molar-refractivity contribution in [3.63, 3.8) is 0 Å². The molecular formula is C20H21NO4S. The Morgan fingerprint density at radius 1 is 1.31 bits per heavy atom. The lowest BCUT2D eigenvalue weighted by Crippen LogP contribution is -2.30. The van der Waals surface area contributed by atoms with Crippen LogP contribution in [-0.2, 0) is 17.6 Å². The van der Waals surface area contributed by atoms with Gasteiger partial charge in [-0.15, -0.1) is 11.8 Å². The normalized spacial score (nSPS) is 18.7. The first-order chi connectivity index (χ1) is 12.7. The van der Waals surface area contributed by atoms with Crippen LogP contribution in [0.1, 0.15) is 22.1 Å². The summed E-state index contributed by atoms with van der Waals surface area (Å²) in [5, 5.41) is 9.77. The smallest absolute Gasteiger partial charge is 0.233 e. The largest absolute Gasteiger partial charge is 0.504 e. The van der Waals surface area contributed by atoms with Gasteiger partial charge in [0.2, 0.25) is 5.91 Å². The van der Waals surface area contributed by atoms with Gasteiger partial charge < -0.3 is 19.5 Å². The number of rotatable bonds is 5. The predicted octanol–water partition coefficient (Wildman–Crippen LogP) is 3.15. The highest BCUT2D eigenvalue weighted by atomic mass is 32.2. The molecule has 0 bridgehead atoms. The van der Waals surface area contributed by atoms with E-state index in [-0.39, 0.29) is 17.0 Å². The van der Waals surface area contributed by atoms with Crippen LogP contribution in [0.3, 0.4) is 0 Å². The molecule has 2 aromatic carbocycles. The van der Waals surface area contributed by atoms with Gasteiger partial charge in [0.15, 0.2) is 11.5 Å². The van der Waals surface area contributed by atoms with E-state index in [9.17, 15) is 9.90 Å². The van der Waals surface area contributed by atoms with Crippen molar-refractivity contribution in [3.05, 3.63) is 53.1 Å². The quantitative estimate of drug-likeness (QED) is 0.875. The molecule has 0 spiro atoms. The summed E-state index contributed by atoms with van der Waals surface area (Å²) < 4.78 is 10.7. The fourth-order valence-corrected chi connectivity index (χ4v) is 4.67. The minimum atomic E-state index is 0.0485. The van der Waals surface area contributed by atoms with E-state index in [2.05, 4.69) is 12.1 Å². The van der Waals surface area contributed by atoms with Crippen molar-refractivity contribution in [2.75, 3.05) is 26.0 Å². The van der Waals surface area contributed by atoms with Crippen molar-refractivity contribution in [1.82, 2.24) is 4.90 Å². The van der Waals surface area contributed by atoms with Gasteiger partial charge in [-0.3, -0.25) is 4.79 Å². The van der Waals surface area contributed by atoms with Gasteiger partial charge in [-0.1, -0.05) is 12.1 Å². The summed E-state index contributed by atoms with van der Waals surface area (Å²) in [6, 6.07) is 11.6. The van der Waals surface area contributed by atoms with Crippen LogP contribution in [-0.4, -0.2) is 41.9 Å². The molecule has 0 radical (unpaired) electrons. The van der Waals surface area contributed by atoms with Crippen LogP contribution in [0, 0.1) is 0 Å². The second-order valence-electron chi connectivity index (χ2n) is 6.47. The summed E-state index contributed by atoms with van der Waals surface area (Å²) >= 11 is 1.67. The molecule has 1 fully saturated rings. The monoisotopic (exact) mass is 371 g/mol. The summed E-state index contributed by atoms with van der Waals surface area (Å²) in [5.74, 6) is 2.23. The van der Waals surface area contributed by atoms with E-state index in [1.807, 2.05) is 23.1 Å². The van der Waals surface area contributed by atoms with E-state index < -0.39 is 0 Å². The number of thioether (sulfide) groups is 1. The first kappa shape index (κ1) is 17.1. The maximum atomic E-state index is 12.4. The molecule has 2 aliphatic heterocycles. The standard InChI is InChI=1S/C20H21NO4S/c1-24-18-10-13(2-4-16(18)22)6-8-21-19(23)12-26-20(21)15-3-5-17-14(11-15)7-9-25-17/h2-5,10-11,20,22H,6-9,12H2,1H3. The first-order valence-electron chi connectivity index (χ1n) is 8.68. The Labute approximate surface area is 156 Å². The lowest BCUT2D eigenvalue weighted by Gasteiger charge is -2.24. The van der Waals surface area contributed by atoms with E-state index >= 15 is 0 Å². The molecule has 1 N–H and O–H groups in total. The van der Waals surface area contributed by atoms with Gasteiger partial charge in [0.1, 0.15) is 11.1 Å². The van der Waals surface area contributed by atoms with E-state index in [1.54, 1.807) is 17.8 Å². The van der Waals surface area contributed by atoms with Crippen LogP contribution >= 0.6 is 11.8 Å². The second kappa shape index (κ2) is 7.11. The number of benzene rings is 2. The van der Waals surface area contributed by atoms with Crippen LogP contribution < -0.4 is 9.47 Å². The van der Waals surface area contributed by atoms with Crippen molar-refractivity contribution in [1.29, 1.82) is 0 Å². The summed E-state index contributed by atoms with van der Waals surface area (Å²) in [6.07, 6.45) is 1.65. The Kier molecular flexibility index (Phi) is 4.68. The average Bonchev–Trinajstić information content (AvgIpc) is 3.26. The maximum Gasteiger partial charge on any atom is 0.233 e. The molecule has 5 nitrogen and oxygen atoms in total.